The average Bonchev–Trinajstić information content (AvgIpc) is 3.52. The van der Waals surface area contributed by atoms with Gasteiger partial charge in [-0.2, -0.15) is 0 Å². The molecule has 8 aromatic carbocycles. The lowest BCUT2D eigenvalue weighted by Gasteiger charge is -2.32. The van der Waals surface area contributed by atoms with Crippen molar-refractivity contribution in [1.29, 1.82) is 0 Å². The van der Waals surface area contributed by atoms with Gasteiger partial charge in [0.15, 0.2) is 0 Å². The molecule has 0 saturated heterocycles. The van der Waals surface area contributed by atoms with Crippen molar-refractivity contribution in [2.24, 2.45) is 0 Å². The van der Waals surface area contributed by atoms with Crippen molar-refractivity contribution in [2.75, 3.05) is 4.90 Å². The Morgan fingerprint density at radius 3 is 1.85 bits per heavy atom. The number of fused-ring (bicyclic) bond motifs is 6. The van der Waals surface area contributed by atoms with Crippen molar-refractivity contribution in [3.8, 4) is 22.3 Å². The monoisotopic (exact) mass is 603 g/mol. The molecular formula is C44H29NS. The van der Waals surface area contributed by atoms with Crippen LogP contribution < -0.4 is 4.90 Å². The van der Waals surface area contributed by atoms with Crippen LogP contribution in [0.1, 0.15) is 0 Å². The van der Waals surface area contributed by atoms with Crippen LogP contribution in [0.2, 0.25) is 0 Å². The molecule has 0 spiro atoms. The molecule has 0 radical (unpaired) electrons. The van der Waals surface area contributed by atoms with Crippen molar-refractivity contribution >= 4 is 70.1 Å². The minimum absolute atomic E-state index is 1.13. The van der Waals surface area contributed by atoms with E-state index in [9.17, 15) is 0 Å². The third-order valence-electron chi connectivity index (χ3n) is 9.02. The molecule has 9 aromatic rings. The second-order valence-electron chi connectivity index (χ2n) is 11.7. The predicted octanol–water partition coefficient (Wildman–Crippen LogP) is 13.2. The number of rotatable bonds is 5. The van der Waals surface area contributed by atoms with Gasteiger partial charge in [0.2, 0.25) is 0 Å². The van der Waals surface area contributed by atoms with Gasteiger partial charge in [0.25, 0.3) is 0 Å². The Kier molecular flexibility index (Phi) is 6.40. The van der Waals surface area contributed by atoms with Crippen LogP contribution in [0.5, 0.6) is 0 Å². The van der Waals surface area contributed by atoms with E-state index < -0.39 is 0 Å². The smallest absolute Gasteiger partial charge is 0.0625 e. The molecular weight excluding hydrogens is 575 g/mol. The van der Waals surface area contributed by atoms with Crippen LogP contribution in [-0.2, 0) is 0 Å². The number of para-hydroxylation sites is 1. The highest BCUT2D eigenvalue weighted by Gasteiger charge is 2.27. The summed E-state index contributed by atoms with van der Waals surface area (Å²) in [6, 6.07) is 63.9. The van der Waals surface area contributed by atoms with Crippen LogP contribution in [0.4, 0.5) is 17.1 Å². The molecule has 2 heteroatoms. The molecule has 1 nitrogen and oxygen atoms in total. The van der Waals surface area contributed by atoms with Gasteiger partial charge in [0, 0.05) is 47.8 Å². The molecule has 0 fully saturated rings. The minimum atomic E-state index is 1.13. The zero-order chi connectivity index (χ0) is 30.5. The van der Waals surface area contributed by atoms with Crippen LogP contribution in [-0.4, -0.2) is 0 Å². The van der Waals surface area contributed by atoms with Gasteiger partial charge in [-0.25, -0.2) is 0 Å². The molecule has 0 bridgehead atoms. The molecule has 0 N–H and O–H groups in total. The summed E-state index contributed by atoms with van der Waals surface area (Å²) in [5.74, 6) is 0. The topological polar surface area (TPSA) is 3.24 Å². The molecule has 0 atom stereocenters. The van der Waals surface area contributed by atoms with E-state index in [-0.39, 0.29) is 0 Å². The maximum Gasteiger partial charge on any atom is 0.0625 e. The van der Waals surface area contributed by atoms with Crippen LogP contribution in [0, 0.1) is 0 Å². The second kappa shape index (κ2) is 11.0. The Morgan fingerprint density at radius 2 is 1.04 bits per heavy atom. The van der Waals surface area contributed by atoms with Gasteiger partial charge in [0.05, 0.1) is 11.4 Å². The lowest BCUT2D eigenvalue weighted by molar-refractivity contribution is 1.31. The quantitative estimate of drug-likeness (QED) is 0.189. The first kappa shape index (κ1) is 26.7. The lowest BCUT2D eigenvalue weighted by Crippen LogP contribution is -2.13. The van der Waals surface area contributed by atoms with Gasteiger partial charge in [-0.1, -0.05) is 152 Å². The maximum atomic E-state index is 2.52. The summed E-state index contributed by atoms with van der Waals surface area (Å²) in [4.78, 5) is 2.52. The van der Waals surface area contributed by atoms with E-state index in [2.05, 4.69) is 181 Å². The summed E-state index contributed by atoms with van der Waals surface area (Å²) in [5.41, 5.74) is 8.30. The number of hydrogen-bond acceptors (Lipinski definition) is 2. The third kappa shape index (κ3) is 4.30. The highest BCUT2D eigenvalue weighted by molar-refractivity contribution is 7.26. The first-order chi connectivity index (χ1) is 22.8. The van der Waals surface area contributed by atoms with E-state index in [0.29, 0.717) is 0 Å². The van der Waals surface area contributed by atoms with E-state index >= 15 is 0 Å². The Labute approximate surface area is 272 Å². The fourth-order valence-corrected chi connectivity index (χ4v) is 8.23. The molecule has 216 valence electrons. The van der Waals surface area contributed by atoms with Gasteiger partial charge in [-0.15, -0.1) is 11.3 Å². The Bertz CT molecular complexity index is 2530. The van der Waals surface area contributed by atoms with Gasteiger partial charge in [0.1, 0.15) is 0 Å². The Hall–Kier alpha value is -5.70. The molecule has 0 saturated carbocycles. The summed E-state index contributed by atoms with van der Waals surface area (Å²) < 4.78 is 2.63. The van der Waals surface area contributed by atoms with Gasteiger partial charge < -0.3 is 4.90 Å². The summed E-state index contributed by atoms with van der Waals surface area (Å²) >= 11 is 1.90. The number of benzene rings is 8. The highest BCUT2D eigenvalue weighted by Crippen LogP contribution is 2.54. The van der Waals surface area contributed by atoms with Crippen LogP contribution in [0.3, 0.4) is 0 Å². The molecule has 1 heterocycles. The average molecular weight is 604 g/mol. The fourth-order valence-electron chi connectivity index (χ4n) is 6.98. The van der Waals surface area contributed by atoms with E-state index in [1.165, 1.54) is 69.7 Å². The van der Waals surface area contributed by atoms with Gasteiger partial charge in [-0.05, 0) is 46.2 Å². The first-order valence-electron chi connectivity index (χ1n) is 15.7. The SMILES string of the molecule is c1ccc(-c2ccccc2N(c2ccc3ccccc3c2)c2c(-c3ccccc3)c3c4ccccc4sc3c3ccccc23)cc1. The largest absolute Gasteiger partial charge is 0.309 e. The maximum absolute atomic E-state index is 2.52. The summed E-state index contributed by atoms with van der Waals surface area (Å²) in [5, 5.41) is 7.56. The molecule has 0 aliphatic carbocycles. The summed E-state index contributed by atoms with van der Waals surface area (Å²) in [6.45, 7) is 0. The van der Waals surface area contributed by atoms with Crippen molar-refractivity contribution in [3.05, 3.63) is 176 Å². The molecule has 0 amide bonds. The normalized spacial score (nSPS) is 11.5. The zero-order valence-corrected chi connectivity index (χ0v) is 25.9. The Morgan fingerprint density at radius 1 is 0.435 bits per heavy atom. The van der Waals surface area contributed by atoms with Crippen LogP contribution >= 0.6 is 11.3 Å². The van der Waals surface area contributed by atoms with Gasteiger partial charge >= 0.3 is 0 Å². The minimum Gasteiger partial charge on any atom is -0.309 e. The lowest BCUT2D eigenvalue weighted by atomic mass is 9.91. The predicted molar refractivity (Wildman–Crippen MR) is 200 cm³/mol. The Balaban J connectivity index is 1.50. The number of nitrogens with zero attached hydrogens (tertiary/aromatic N) is 1. The number of thiophene rings is 1. The molecule has 1 aromatic heterocycles. The number of anilines is 3. The zero-order valence-electron chi connectivity index (χ0n) is 25.1. The van der Waals surface area contributed by atoms with Crippen molar-refractivity contribution < 1.29 is 0 Å². The number of hydrogen-bond donors (Lipinski definition) is 0. The summed E-state index contributed by atoms with van der Waals surface area (Å²) in [7, 11) is 0. The van der Waals surface area contributed by atoms with Crippen molar-refractivity contribution in [3.63, 3.8) is 0 Å². The second-order valence-corrected chi connectivity index (χ2v) is 12.7. The van der Waals surface area contributed by atoms with E-state index in [1.807, 2.05) is 11.3 Å². The van der Waals surface area contributed by atoms with Crippen LogP contribution in [0.25, 0.3) is 64.0 Å². The van der Waals surface area contributed by atoms with Crippen LogP contribution in [0.15, 0.2) is 176 Å². The summed E-state index contributed by atoms with van der Waals surface area (Å²) in [6.07, 6.45) is 0. The van der Waals surface area contributed by atoms with Crippen molar-refractivity contribution in [1.82, 2.24) is 0 Å². The molecule has 0 aliphatic heterocycles. The molecule has 46 heavy (non-hydrogen) atoms. The molecule has 9 rings (SSSR count). The van der Waals surface area contributed by atoms with Gasteiger partial charge in [-0.3, -0.25) is 0 Å². The van der Waals surface area contributed by atoms with E-state index in [0.717, 1.165) is 11.4 Å². The fraction of sp³-hybridized carbons (Fsp3) is 0. The van der Waals surface area contributed by atoms with E-state index in [4.69, 9.17) is 0 Å². The van der Waals surface area contributed by atoms with Crippen molar-refractivity contribution in [2.45, 2.75) is 0 Å². The molecule has 0 unspecified atom stereocenters. The third-order valence-corrected chi connectivity index (χ3v) is 10.2. The molecule has 0 aliphatic rings. The van der Waals surface area contributed by atoms with E-state index in [1.54, 1.807) is 0 Å². The standard InChI is InChI=1S/C44H29NS/c1-3-16-31(17-4-1)35-21-11-13-25-39(35)45(34-28-27-30-15-7-8-20-33(30)29-34)43-36-22-9-10-23-37(36)44-42(38-24-12-14-26-40(38)46-44)41(43)32-18-5-2-6-19-32/h1-29H. The highest BCUT2D eigenvalue weighted by atomic mass is 32.1. The first-order valence-corrected chi connectivity index (χ1v) is 16.5.